The molecule has 1 aromatic heterocycles. The summed E-state index contributed by atoms with van der Waals surface area (Å²) >= 11 is 0. The van der Waals surface area contributed by atoms with Crippen LogP contribution in [-0.4, -0.2) is 10.1 Å². The fourth-order valence-electron chi connectivity index (χ4n) is 1.24. The molecule has 1 aromatic rings. The van der Waals surface area contributed by atoms with Crippen LogP contribution >= 0.6 is 0 Å². The van der Waals surface area contributed by atoms with Crippen LogP contribution in [0, 0.1) is 0 Å². The molecule has 3 nitrogen and oxygen atoms in total. The minimum absolute atomic E-state index is 0.596. The van der Waals surface area contributed by atoms with E-state index >= 15 is 0 Å². The van der Waals surface area contributed by atoms with Gasteiger partial charge < -0.3 is 4.52 Å². The van der Waals surface area contributed by atoms with Crippen LogP contribution in [-0.2, 0) is 6.42 Å². The molecule has 1 saturated carbocycles. The van der Waals surface area contributed by atoms with Gasteiger partial charge in [0.25, 0.3) is 0 Å². The lowest BCUT2D eigenvalue weighted by Crippen LogP contribution is -2.10. The first kappa shape index (κ1) is 6.83. The Hall–Kier alpha value is -0.860. The van der Waals surface area contributed by atoms with Crippen molar-refractivity contribution in [2.24, 2.45) is 0 Å². The summed E-state index contributed by atoms with van der Waals surface area (Å²) in [6.07, 6.45) is 4.64. The molecule has 0 atom stereocenters. The minimum atomic E-state index is 0.596. The molecule has 0 aromatic carbocycles. The largest absolute Gasteiger partial charge is 0.339 e. The van der Waals surface area contributed by atoms with Gasteiger partial charge in [-0.05, 0) is 12.8 Å². The Morgan fingerprint density at radius 2 is 2.36 bits per heavy atom. The third kappa shape index (κ3) is 1.15. The zero-order valence-corrected chi connectivity index (χ0v) is 6.71. The lowest BCUT2D eigenvalue weighted by Gasteiger charge is -2.20. The summed E-state index contributed by atoms with van der Waals surface area (Å²) < 4.78 is 5.01. The zero-order chi connectivity index (χ0) is 7.68. The molecule has 0 radical (unpaired) electrons. The highest BCUT2D eigenvalue weighted by molar-refractivity contribution is 4.99. The Labute approximate surface area is 65.8 Å². The van der Waals surface area contributed by atoms with Crippen LogP contribution in [0.2, 0.25) is 0 Å². The highest BCUT2D eigenvalue weighted by atomic mass is 16.5. The quantitative estimate of drug-likeness (QED) is 0.649. The van der Waals surface area contributed by atoms with Crippen molar-refractivity contribution in [3.63, 3.8) is 0 Å². The molecule has 1 heterocycles. The third-order valence-corrected chi connectivity index (χ3v) is 2.26. The second-order valence-electron chi connectivity index (χ2n) is 3.03. The standard InChI is InChI=1S/C8H12N2O/c1-2-7-9-8(10-11-7)6-4-3-5-6/h6H,2-5H2,1H3. The van der Waals surface area contributed by atoms with E-state index in [1.807, 2.05) is 6.92 Å². The number of nitrogens with zero attached hydrogens (tertiary/aromatic N) is 2. The summed E-state index contributed by atoms with van der Waals surface area (Å²) in [5.74, 6) is 2.29. The first-order valence-electron chi connectivity index (χ1n) is 4.22. The average molecular weight is 152 g/mol. The van der Waals surface area contributed by atoms with Gasteiger partial charge in [0.15, 0.2) is 5.82 Å². The molecule has 2 rings (SSSR count). The van der Waals surface area contributed by atoms with Crippen molar-refractivity contribution < 1.29 is 4.52 Å². The molecule has 0 unspecified atom stereocenters. The van der Waals surface area contributed by atoms with Gasteiger partial charge in [-0.15, -0.1) is 0 Å². The van der Waals surface area contributed by atoms with E-state index in [4.69, 9.17) is 4.52 Å². The van der Waals surface area contributed by atoms with E-state index < -0.39 is 0 Å². The summed E-state index contributed by atoms with van der Waals surface area (Å²) in [7, 11) is 0. The SMILES string of the molecule is CCc1nc(C2CCC2)no1. The number of aryl methyl sites for hydroxylation is 1. The molecule has 0 saturated heterocycles. The maximum absolute atomic E-state index is 5.01. The van der Waals surface area contributed by atoms with E-state index in [1.165, 1.54) is 19.3 Å². The van der Waals surface area contributed by atoms with Crippen molar-refractivity contribution >= 4 is 0 Å². The number of hydrogen-bond acceptors (Lipinski definition) is 3. The van der Waals surface area contributed by atoms with Crippen LogP contribution in [0.5, 0.6) is 0 Å². The molecule has 1 aliphatic rings. The molecule has 0 amide bonds. The molecule has 3 heteroatoms. The molecule has 1 aliphatic carbocycles. The Bertz CT molecular complexity index is 240. The van der Waals surface area contributed by atoms with Crippen molar-refractivity contribution in [3.05, 3.63) is 11.7 Å². The molecule has 1 fully saturated rings. The van der Waals surface area contributed by atoms with Crippen LogP contribution in [0.4, 0.5) is 0 Å². The maximum Gasteiger partial charge on any atom is 0.226 e. The van der Waals surface area contributed by atoms with Crippen LogP contribution in [0.1, 0.15) is 43.8 Å². The Kier molecular flexibility index (Phi) is 1.64. The highest BCUT2D eigenvalue weighted by Gasteiger charge is 2.24. The molecular formula is C8H12N2O. The van der Waals surface area contributed by atoms with Gasteiger partial charge in [-0.25, -0.2) is 0 Å². The number of rotatable bonds is 2. The summed E-state index contributed by atoms with van der Waals surface area (Å²) in [6, 6.07) is 0. The zero-order valence-electron chi connectivity index (χ0n) is 6.71. The van der Waals surface area contributed by atoms with Gasteiger partial charge in [0.2, 0.25) is 5.89 Å². The summed E-state index contributed by atoms with van der Waals surface area (Å²) in [5, 5.41) is 3.92. The van der Waals surface area contributed by atoms with E-state index in [-0.39, 0.29) is 0 Å². The lowest BCUT2D eigenvalue weighted by atomic mass is 9.85. The maximum atomic E-state index is 5.01. The van der Waals surface area contributed by atoms with Crippen molar-refractivity contribution in [1.82, 2.24) is 10.1 Å². The van der Waals surface area contributed by atoms with Gasteiger partial charge in [-0.2, -0.15) is 4.98 Å². The smallest absolute Gasteiger partial charge is 0.226 e. The number of hydrogen-bond donors (Lipinski definition) is 0. The predicted octanol–water partition coefficient (Wildman–Crippen LogP) is 1.90. The van der Waals surface area contributed by atoms with Crippen molar-refractivity contribution in [2.75, 3.05) is 0 Å². The molecule has 0 N–H and O–H groups in total. The van der Waals surface area contributed by atoms with Crippen LogP contribution < -0.4 is 0 Å². The van der Waals surface area contributed by atoms with Gasteiger partial charge in [0.1, 0.15) is 0 Å². The molecule has 11 heavy (non-hydrogen) atoms. The van der Waals surface area contributed by atoms with E-state index in [9.17, 15) is 0 Å². The van der Waals surface area contributed by atoms with E-state index in [0.717, 1.165) is 18.1 Å². The second kappa shape index (κ2) is 2.64. The van der Waals surface area contributed by atoms with Crippen LogP contribution in [0.3, 0.4) is 0 Å². The number of aromatic nitrogens is 2. The fourth-order valence-corrected chi connectivity index (χ4v) is 1.24. The predicted molar refractivity (Wildman–Crippen MR) is 40.3 cm³/mol. The second-order valence-corrected chi connectivity index (χ2v) is 3.03. The Morgan fingerprint density at radius 3 is 2.82 bits per heavy atom. The van der Waals surface area contributed by atoms with E-state index in [0.29, 0.717) is 5.92 Å². The molecular weight excluding hydrogens is 140 g/mol. The van der Waals surface area contributed by atoms with E-state index in [2.05, 4.69) is 10.1 Å². The molecule has 0 bridgehead atoms. The fraction of sp³-hybridized carbons (Fsp3) is 0.750. The first-order chi connectivity index (χ1) is 5.40. The van der Waals surface area contributed by atoms with Gasteiger partial charge >= 0.3 is 0 Å². The highest BCUT2D eigenvalue weighted by Crippen LogP contribution is 2.34. The van der Waals surface area contributed by atoms with Gasteiger partial charge in [-0.1, -0.05) is 18.5 Å². The summed E-state index contributed by atoms with van der Waals surface area (Å²) in [4.78, 5) is 4.27. The molecule has 0 spiro atoms. The van der Waals surface area contributed by atoms with Gasteiger partial charge in [-0.3, -0.25) is 0 Å². The van der Waals surface area contributed by atoms with Crippen molar-refractivity contribution in [3.8, 4) is 0 Å². The normalized spacial score (nSPS) is 18.3. The van der Waals surface area contributed by atoms with Crippen molar-refractivity contribution in [1.29, 1.82) is 0 Å². The molecule has 60 valence electrons. The third-order valence-electron chi connectivity index (χ3n) is 2.26. The minimum Gasteiger partial charge on any atom is -0.339 e. The lowest BCUT2D eigenvalue weighted by molar-refractivity contribution is 0.349. The average Bonchev–Trinajstić information content (AvgIpc) is 2.32. The van der Waals surface area contributed by atoms with Gasteiger partial charge in [0, 0.05) is 12.3 Å². The van der Waals surface area contributed by atoms with Gasteiger partial charge in [0.05, 0.1) is 0 Å². The van der Waals surface area contributed by atoms with Crippen molar-refractivity contribution in [2.45, 2.75) is 38.5 Å². The Balaban J connectivity index is 2.11. The van der Waals surface area contributed by atoms with Crippen LogP contribution in [0.25, 0.3) is 0 Å². The first-order valence-corrected chi connectivity index (χ1v) is 4.22. The summed E-state index contributed by atoms with van der Waals surface area (Å²) in [6.45, 7) is 2.03. The monoisotopic (exact) mass is 152 g/mol. The topological polar surface area (TPSA) is 38.9 Å². The van der Waals surface area contributed by atoms with Crippen LogP contribution in [0.15, 0.2) is 4.52 Å². The summed E-state index contributed by atoms with van der Waals surface area (Å²) in [5.41, 5.74) is 0. The van der Waals surface area contributed by atoms with E-state index in [1.54, 1.807) is 0 Å². The molecule has 0 aliphatic heterocycles. The Morgan fingerprint density at radius 1 is 1.55 bits per heavy atom.